The van der Waals surface area contributed by atoms with Crippen LogP contribution in [0.2, 0.25) is 0 Å². The summed E-state index contributed by atoms with van der Waals surface area (Å²) >= 11 is 0. The first kappa shape index (κ1) is 17.6. The van der Waals surface area contributed by atoms with Crippen molar-refractivity contribution in [3.8, 4) is 0 Å². The van der Waals surface area contributed by atoms with Crippen LogP contribution in [0.15, 0.2) is 48.5 Å². The number of benzene rings is 2. The second kappa shape index (κ2) is 7.33. The highest BCUT2D eigenvalue weighted by atomic mass is 19.1. The molecule has 0 heterocycles. The third-order valence-corrected chi connectivity index (χ3v) is 4.85. The maximum absolute atomic E-state index is 13.0. The van der Waals surface area contributed by atoms with Gasteiger partial charge < -0.3 is 15.7 Å². The third kappa shape index (κ3) is 4.06. The van der Waals surface area contributed by atoms with Gasteiger partial charge in [0.05, 0.1) is 19.2 Å². The van der Waals surface area contributed by atoms with Gasteiger partial charge in [-0.1, -0.05) is 36.4 Å². The van der Waals surface area contributed by atoms with Gasteiger partial charge in [-0.05, 0) is 48.6 Å². The van der Waals surface area contributed by atoms with E-state index in [1.165, 1.54) is 23.3 Å². The van der Waals surface area contributed by atoms with Gasteiger partial charge in [-0.15, -0.1) is 0 Å². The average Bonchev–Trinajstić information content (AvgIpc) is 3.00. The number of hydrogen-bond acceptors (Lipinski definition) is 3. The molecule has 2 aromatic carbocycles. The molecule has 0 aromatic heterocycles. The summed E-state index contributed by atoms with van der Waals surface area (Å²) < 4.78 is 13.0. The molecule has 3 rings (SSSR count). The van der Waals surface area contributed by atoms with Crippen LogP contribution in [0.4, 0.5) is 4.39 Å². The quantitative estimate of drug-likeness (QED) is 0.754. The molecular weight excluding hydrogens is 319 g/mol. The van der Waals surface area contributed by atoms with Crippen molar-refractivity contribution in [1.29, 1.82) is 0 Å². The predicted molar refractivity (Wildman–Crippen MR) is 94.6 cm³/mol. The fraction of sp³-hybridized carbons (Fsp3) is 0.350. The van der Waals surface area contributed by atoms with Crippen molar-refractivity contribution >= 4 is 5.91 Å². The molecule has 0 aliphatic heterocycles. The molecule has 0 unspecified atom stereocenters. The molecule has 1 aliphatic carbocycles. The minimum absolute atomic E-state index is 0.0253. The topological polar surface area (TPSA) is 61.4 Å². The Morgan fingerprint density at radius 1 is 1.16 bits per heavy atom. The van der Waals surface area contributed by atoms with Gasteiger partial charge in [0.15, 0.2) is 0 Å². The van der Waals surface area contributed by atoms with Crippen LogP contribution in [0, 0.1) is 5.82 Å². The van der Waals surface area contributed by atoms with E-state index in [2.05, 4.69) is 22.8 Å². The number of fused-ring (bicyclic) bond motifs is 1. The summed E-state index contributed by atoms with van der Waals surface area (Å²) in [5.74, 6) is -0.449. The zero-order chi connectivity index (χ0) is 17.9. The lowest BCUT2D eigenvalue weighted by atomic mass is 9.97. The molecule has 0 spiro atoms. The highest BCUT2D eigenvalue weighted by Gasteiger charge is 2.36. The van der Waals surface area contributed by atoms with Gasteiger partial charge in [0.1, 0.15) is 5.82 Å². The van der Waals surface area contributed by atoms with Crippen LogP contribution >= 0.6 is 0 Å². The number of aliphatic hydroxyl groups excluding tert-OH is 1. The molecule has 0 saturated heterocycles. The molecule has 4 nitrogen and oxygen atoms in total. The van der Waals surface area contributed by atoms with Crippen molar-refractivity contribution in [3.05, 3.63) is 71.0 Å². The van der Waals surface area contributed by atoms with Crippen molar-refractivity contribution in [1.82, 2.24) is 10.6 Å². The predicted octanol–water partition coefficient (Wildman–Crippen LogP) is 2.12. The van der Waals surface area contributed by atoms with Crippen molar-refractivity contribution in [2.75, 3.05) is 13.2 Å². The van der Waals surface area contributed by atoms with E-state index < -0.39 is 5.54 Å². The zero-order valence-corrected chi connectivity index (χ0v) is 14.3. The highest BCUT2D eigenvalue weighted by molar-refractivity contribution is 5.78. The minimum atomic E-state index is -0.486. The Kier molecular flexibility index (Phi) is 5.16. The second-order valence-corrected chi connectivity index (χ2v) is 6.76. The third-order valence-electron chi connectivity index (χ3n) is 4.85. The van der Waals surface area contributed by atoms with Gasteiger partial charge in [-0.3, -0.25) is 4.79 Å². The first-order valence-electron chi connectivity index (χ1n) is 8.49. The molecule has 0 bridgehead atoms. The Morgan fingerprint density at radius 3 is 2.32 bits per heavy atom. The number of nitrogens with one attached hydrogen (secondary N) is 2. The maximum Gasteiger partial charge on any atom is 0.234 e. The van der Waals surface area contributed by atoms with Crippen molar-refractivity contribution in [3.63, 3.8) is 0 Å². The van der Waals surface area contributed by atoms with Crippen LogP contribution in [0.25, 0.3) is 0 Å². The summed E-state index contributed by atoms with van der Waals surface area (Å²) in [6.07, 6.45) is 1.42. The van der Waals surface area contributed by atoms with Gasteiger partial charge in [0, 0.05) is 5.54 Å². The summed E-state index contributed by atoms with van der Waals surface area (Å²) in [7, 11) is 0. The van der Waals surface area contributed by atoms with Gasteiger partial charge in [0.2, 0.25) is 5.91 Å². The van der Waals surface area contributed by atoms with Gasteiger partial charge >= 0.3 is 0 Å². The van der Waals surface area contributed by atoms with E-state index in [1.54, 1.807) is 12.1 Å². The number of hydrogen-bond donors (Lipinski definition) is 3. The molecule has 1 amide bonds. The Balaban J connectivity index is 1.56. The molecule has 0 saturated carbocycles. The number of aliphatic hydroxyl groups is 1. The number of rotatable bonds is 6. The van der Waals surface area contributed by atoms with Crippen LogP contribution in [-0.2, 0) is 17.6 Å². The van der Waals surface area contributed by atoms with Crippen LogP contribution < -0.4 is 10.6 Å². The van der Waals surface area contributed by atoms with Crippen LogP contribution in [0.3, 0.4) is 0 Å². The fourth-order valence-corrected chi connectivity index (χ4v) is 3.38. The Morgan fingerprint density at radius 2 is 1.76 bits per heavy atom. The molecule has 3 N–H and O–H groups in total. The van der Waals surface area contributed by atoms with E-state index >= 15 is 0 Å². The summed E-state index contributed by atoms with van der Waals surface area (Å²) in [5.41, 5.74) is 2.79. The van der Waals surface area contributed by atoms with E-state index in [4.69, 9.17) is 0 Å². The van der Waals surface area contributed by atoms with Crippen molar-refractivity contribution in [2.24, 2.45) is 0 Å². The van der Waals surface area contributed by atoms with Crippen LogP contribution in [0.1, 0.15) is 29.7 Å². The fourth-order valence-electron chi connectivity index (χ4n) is 3.38. The molecule has 1 aliphatic rings. The minimum Gasteiger partial charge on any atom is -0.394 e. The van der Waals surface area contributed by atoms with Gasteiger partial charge in [0.25, 0.3) is 0 Å². The number of carbonyl (C=O) groups excluding carboxylic acids is 1. The molecular formula is C20H23FN2O2. The molecule has 25 heavy (non-hydrogen) atoms. The van der Waals surface area contributed by atoms with E-state index in [0.717, 1.165) is 5.56 Å². The summed E-state index contributed by atoms with van der Waals surface area (Å²) in [6.45, 7) is 1.96. The number of amides is 1. The molecule has 2 aromatic rings. The lowest BCUT2D eigenvalue weighted by Crippen LogP contribution is -2.52. The number of carbonyl (C=O) groups is 1. The SMILES string of the molecule is C[C@H](NC(=O)CNC1(CO)Cc2ccccc2C1)c1ccc(F)cc1. The van der Waals surface area contributed by atoms with E-state index in [1.807, 2.05) is 19.1 Å². The smallest absolute Gasteiger partial charge is 0.234 e. The van der Waals surface area contributed by atoms with Crippen LogP contribution in [-0.4, -0.2) is 29.7 Å². The van der Waals surface area contributed by atoms with E-state index in [-0.39, 0.29) is 30.9 Å². The van der Waals surface area contributed by atoms with E-state index in [0.29, 0.717) is 12.8 Å². The van der Waals surface area contributed by atoms with Gasteiger partial charge in [-0.2, -0.15) is 0 Å². The van der Waals surface area contributed by atoms with Gasteiger partial charge in [-0.25, -0.2) is 4.39 Å². The zero-order valence-electron chi connectivity index (χ0n) is 14.3. The lowest BCUT2D eigenvalue weighted by molar-refractivity contribution is -0.121. The summed E-state index contributed by atoms with van der Waals surface area (Å²) in [4.78, 5) is 12.3. The number of halogens is 1. The standard InChI is InChI=1S/C20H23FN2O2/c1-14(15-6-8-18(21)9-7-15)23-19(25)12-22-20(13-24)10-16-4-2-3-5-17(16)11-20/h2-9,14,22,24H,10-13H2,1H3,(H,23,25)/t14-/m0/s1. The summed E-state index contributed by atoms with van der Waals surface area (Å²) in [5, 5.41) is 16.0. The molecule has 132 valence electrons. The Bertz CT molecular complexity index is 721. The maximum atomic E-state index is 13.0. The lowest BCUT2D eigenvalue weighted by Gasteiger charge is -2.28. The second-order valence-electron chi connectivity index (χ2n) is 6.76. The monoisotopic (exact) mass is 342 g/mol. The molecule has 5 heteroatoms. The average molecular weight is 342 g/mol. The largest absolute Gasteiger partial charge is 0.394 e. The summed E-state index contributed by atoms with van der Waals surface area (Å²) in [6, 6.07) is 14.0. The first-order valence-corrected chi connectivity index (χ1v) is 8.49. The Hall–Kier alpha value is -2.24. The van der Waals surface area contributed by atoms with Crippen LogP contribution in [0.5, 0.6) is 0 Å². The Labute approximate surface area is 147 Å². The highest BCUT2D eigenvalue weighted by Crippen LogP contribution is 2.29. The first-order chi connectivity index (χ1) is 12.0. The molecule has 0 radical (unpaired) electrons. The molecule has 0 fully saturated rings. The normalized spacial score (nSPS) is 16.3. The van der Waals surface area contributed by atoms with Crippen molar-refractivity contribution in [2.45, 2.75) is 31.3 Å². The molecule has 1 atom stereocenters. The van der Waals surface area contributed by atoms with Crippen molar-refractivity contribution < 1.29 is 14.3 Å². The van der Waals surface area contributed by atoms with E-state index in [9.17, 15) is 14.3 Å².